The summed E-state index contributed by atoms with van der Waals surface area (Å²) in [4.78, 5) is 54.5. The molecule has 2 bridgehead atoms. The van der Waals surface area contributed by atoms with E-state index in [1.165, 1.54) is 11.3 Å². The number of H-pyrrole nitrogens is 1. The number of thioether (sulfide) groups is 1. The second kappa shape index (κ2) is 6.95. The molecule has 2 aliphatic heterocycles. The monoisotopic (exact) mass is 472 g/mol. The van der Waals surface area contributed by atoms with Crippen molar-refractivity contribution in [3.05, 3.63) is 44.4 Å². The van der Waals surface area contributed by atoms with Gasteiger partial charge in [0.25, 0.3) is 0 Å². The highest BCUT2D eigenvalue weighted by molar-refractivity contribution is 8.00. The van der Waals surface area contributed by atoms with E-state index in [0.717, 1.165) is 32.5 Å². The van der Waals surface area contributed by atoms with E-state index in [-0.39, 0.29) is 45.6 Å². The molecule has 2 N–H and O–H groups in total. The van der Waals surface area contributed by atoms with Gasteiger partial charge in [-0.05, 0) is 30.2 Å². The van der Waals surface area contributed by atoms with E-state index in [9.17, 15) is 24.3 Å². The van der Waals surface area contributed by atoms with Gasteiger partial charge in [-0.3, -0.25) is 24.1 Å². The van der Waals surface area contributed by atoms with Crippen molar-refractivity contribution < 1.29 is 24.2 Å². The van der Waals surface area contributed by atoms with E-state index in [1.807, 2.05) is 24.3 Å². The van der Waals surface area contributed by atoms with Gasteiger partial charge >= 0.3 is 10.8 Å². The summed E-state index contributed by atoms with van der Waals surface area (Å²) in [6.45, 7) is -0.580. The first kappa shape index (κ1) is 20.0. The molecule has 1 aromatic carbocycles. The van der Waals surface area contributed by atoms with Crippen molar-refractivity contribution in [1.82, 2.24) is 9.88 Å². The number of carbonyl (C=O) groups is 3. The number of amides is 2. The van der Waals surface area contributed by atoms with Gasteiger partial charge < -0.3 is 14.8 Å². The second-order valence-electron chi connectivity index (χ2n) is 8.86. The van der Waals surface area contributed by atoms with Gasteiger partial charge in [0.1, 0.15) is 12.3 Å². The molecule has 1 saturated heterocycles. The lowest BCUT2D eigenvalue weighted by Crippen LogP contribution is -2.42. The molecule has 4 aliphatic rings. The molecule has 0 spiro atoms. The van der Waals surface area contributed by atoms with Crippen molar-refractivity contribution in [2.75, 3.05) is 13.7 Å². The predicted molar refractivity (Wildman–Crippen MR) is 116 cm³/mol. The number of carbonyl (C=O) groups excluding carboxylic acids is 2. The topological polar surface area (TPSA) is 117 Å². The number of carboxylic acids is 1. The zero-order valence-electron chi connectivity index (χ0n) is 17.0. The smallest absolute Gasteiger partial charge is 0.323 e. The molecule has 8 nitrogen and oxygen atoms in total. The highest BCUT2D eigenvalue weighted by Crippen LogP contribution is 2.68. The molecule has 3 heterocycles. The number of rotatable bonds is 4. The summed E-state index contributed by atoms with van der Waals surface area (Å²) in [5.74, 6) is -2.24. The second-order valence-corrected chi connectivity index (χ2v) is 11.1. The predicted octanol–water partition coefficient (Wildman–Crippen LogP) is 2.00. The number of aliphatic carboxylic acids is 1. The van der Waals surface area contributed by atoms with Gasteiger partial charge in [-0.2, -0.15) is 0 Å². The Morgan fingerprint density at radius 3 is 2.62 bits per heavy atom. The minimum Gasteiger partial charge on any atom is -0.496 e. The van der Waals surface area contributed by atoms with Crippen LogP contribution < -0.4 is 9.61 Å². The standard InChI is InChI=1S/C22H20N2O6S2/c1-30-11-5-3-2-4-8(11)13-14-9-6-10(17(14)31-19-18(13)32-22(29)23-19)16-15(9)20(27)24(21(16)28)7-12(25)26/h2-5,9-10,13-17H,6-7H2,1H3,(H,23,29)(H,25,26)/t9-,10-,13-,14-,15+,16+,17-/m1/s1. The molecular formula is C22H20N2O6S2. The minimum atomic E-state index is -1.18. The first-order valence-corrected chi connectivity index (χ1v) is 12.2. The van der Waals surface area contributed by atoms with Crippen molar-refractivity contribution in [2.45, 2.75) is 22.6 Å². The highest BCUT2D eigenvalue weighted by atomic mass is 32.2. The van der Waals surface area contributed by atoms with Gasteiger partial charge in [0.2, 0.25) is 11.8 Å². The Morgan fingerprint density at radius 1 is 1.19 bits per heavy atom. The van der Waals surface area contributed by atoms with Crippen molar-refractivity contribution in [3.8, 4) is 5.75 Å². The maximum Gasteiger partial charge on any atom is 0.323 e. The number of aromatic amines is 1. The molecule has 6 rings (SSSR count). The Labute approximate surface area is 191 Å². The number of hydrogen-bond donors (Lipinski definition) is 2. The number of aromatic nitrogens is 1. The van der Waals surface area contributed by atoms with Crippen LogP contribution in [-0.2, 0) is 14.4 Å². The van der Waals surface area contributed by atoms with E-state index in [1.54, 1.807) is 18.9 Å². The van der Waals surface area contributed by atoms with E-state index >= 15 is 0 Å². The van der Waals surface area contributed by atoms with Gasteiger partial charge in [-0.25, -0.2) is 0 Å². The largest absolute Gasteiger partial charge is 0.496 e. The van der Waals surface area contributed by atoms with Crippen LogP contribution in [0.2, 0.25) is 0 Å². The lowest BCUT2D eigenvalue weighted by atomic mass is 9.68. The molecule has 2 saturated carbocycles. The fourth-order valence-corrected chi connectivity index (χ4v) is 9.52. The third-order valence-corrected chi connectivity index (χ3v) is 10.2. The molecule has 0 radical (unpaired) electrons. The van der Waals surface area contributed by atoms with Gasteiger partial charge in [0.15, 0.2) is 0 Å². The average Bonchev–Trinajstić information content (AvgIpc) is 3.49. The Hall–Kier alpha value is -2.59. The lowest BCUT2D eigenvalue weighted by Gasteiger charge is -2.43. The van der Waals surface area contributed by atoms with Gasteiger partial charge in [-0.15, -0.1) is 11.8 Å². The molecule has 7 atom stereocenters. The Morgan fingerprint density at radius 2 is 1.91 bits per heavy atom. The molecule has 166 valence electrons. The van der Waals surface area contributed by atoms with Crippen LogP contribution in [0.1, 0.15) is 22.8 Å². The summed E-state index contributed by atoms with van der Waals surface area (Å²) in [5, 5.41) is 10.1. The van der Waals surface area contributed by atoms with Gasteiger partial charge in [-0.1, -0.05) is 29.5 Å². The van der Waals surface area contributed by atoms with E-state index in [0.29, 0.717) is 0 Å². The van der Waals surface area contributed by atoms with Crippen molar-refractivity contribution in [3.63, 3.8) is 0 Å². The Kier molecular flexibility index (Phi) is 4.36. The number of para-hydroxylation sites is 1. The number of carboxylic acid groups (broad SMARTS) is 1. The van der Waals surface area contributed by atoms with Crippen LogP contribution in [0.25, 0.3) is 0 Å². The van der Waals surface area contributed by atoms with Crippen LogP contribution in [0.3, 0.4) is 0 Å². The summed E-state index contributed by atoms with van der Waals surface area (Å²) in [5.41, 5.74) is 0.977. The third-order valence-electron chi connectivity index (χ3n) is 7.58. The third kappa shape index (κ3) is 2.56. The fraction of sp³-hybridized carbons (Fsp3) is 0.455. The maximum atomic E-state index is 13.2. The first-order chi connectivity index (χ1) is 15.4. The van der Waals surface area contributed by atoms with Crippen LogP contribution >= 0.6 is 23.1 Å². The summed E-state index contributed by atoms with van der Waals surface area (Å²) >= 11 is 2.80. The number of hydrogen-bond acceptors (Lipinski definition) is 7. The molecule has 2 aliphatic carbocycles. The molecule has 0 unspecified atom stereocenters. The van der Waals surface area contributed by atoms with Crippen LogP contribution in [0.4, 0.5) is 0 Å². The van der Waals surface area contributed by atoms with E-state index < -0.39 is 24.3 Å². The molecule has 2 amide bonds. The average molecular weight is 473 g/mol. The number of nitrogens with one attached hydrogen (secondary N) is 1. The summed E-state index contributed by atoms with van der Waals surface area (Å²) in [7, 11) is 1.62. The van der Waals surface area contributed by atoms with E-state index in [2.05, 4.69) is 4.98 Å². The lowest BCUT2D eigenvalue weighted by molar-refractivity contribution is -0.149. The molecule has 2 aromatic rings. The number of likely N-dealkylation sites (tertiary alicyclic amines) is 1. The number of benzene rings is 1. The highest BCUT2D eigenvalue weighted by Gasteiger charge is 2.69. The first-order valence-electron chi connectivity index (χ1n) is 10.5. The minimum absolute atomic E-state index is 0.0241. The quantitative estimate of drug-likeness (QED) is 0.654. The van der Waals surface area contributed by atoms with Crippen molar-refractivity contribution in [1.29, 1.82) is 0 Å². The maximum absolute atomic E-state index is 13.2. The number of thiazole rings is 1. The molecule has 1 aromatic heterocycles. The number of nitrogens with zero attached hydrogens (tertiary/aromatic N) is 1. The van der Waals surface area contributed by atoms with Crippen LogP contribution in [-0.4, -0.2) is 51.7 Å². The van der Waals surface area contributed by atoms with Crippen LogP contribution in [0.15, 0.2) is 34.1 Å². The number of fused-ring (bicyclic) bond motifs is 9. The van der Waals surface area contributed by atoms with Crippen LogP contribution in [0, 0.1) is 29.6 Å². The number of ether oxygens (including phenoxy) is 1. The Bertz CT molecular complexity index is 1220. The zero-order valence-corrected chi connectivity index (χ0v) is 18.7. The summed E-state index contributed by atoms with van der Waals surface area (Å²) in [6, 6.07) is 7.75. The summed E-state index contributed by atoms with van der Waals surface area (Å²) in [6.07, 6.45) is 0.765. The molecular weight excluding hydrogens is 452 g/mol. The SMILES string of the molecule is COc1ccccc1[C@H]1c2sc(=O)[nH]c2S[C@@H]2[C@@H]3C[C@@H]([C@@H]4C(=O)N(CC(=O)O)C(=O)[C@@H]34)[C@H]12. The van der Waals surface area contributed by atoms with Crippen molar-refractivity contribution >= 4 is 40.9 Å². The summed E-state index contributed by atoms with van der Waals surface area (Å²) < 4.78 is 5.65. The normalized spacial score (nSPS) is 34.4. The van der Waals surface area contributed by atoms with Gasteiger partial charge in [0.05, 0.1) is 24.0 Å². The van der Waals surface area contributed by atoms with Gasteiger partial charge in [0, 0.05) is 21.6 Å². The zero-order chi connectivity index (χ0) is 22.3. The van der Waals surface area contributed by atoms with E-state index in [4.69, 9.17) is 4.74 Å². The number of imide groups is 1. The van der Waals surface area contributed by atoms with Crippen molar-refractivity contribution in [2.24, 2.45) is 29.6 Å². The fourth-order valence-electron chi connectivity index (χ4n) is 6.64. The van der Waals surface area contributed by atoms with Crippen LogP contribution in [0.5, 0.6) is 5.75 Å². The molecule has 32 heavy (non-hydrogen) atoms. The molecule has 10 heteroatoms. The number of methoxy groups -OCH3 is 1. The molecule has 3 fully saturated rings. The Balaban J connectivity index is 1.47.